The maximum atomic E-state index is 12.1. The van der Waals surface area contributed by atoms with E-state index in [1.165, 1.54) is 6.08 Å². The van der Waals surface area contributed by atoms with E-state index >= 15 is 0 Å². The summed E-state index contributed by atoms with van der Waals surface area (Å²) >= 11 is 8.72. The maximum absolute atomic E-state index is 12.1. The molecule has 8 heteroatoms. The Labute approximate surface area is 198 Å². The molecule has 32 heavy (non-hydrogen) atoms. The second-order valence-electron chi connectivity index (χ2n) is 6.74. The largest absolute Gasteiger partial charge is 0.496 e. The topological polar surface area (TPSA) is 76.4 Å². The summed E-state index contributed by atoms with van der Waals surface area (Å²) in [7, 11) is 1.61. The first kappa shape index (κ1) is 21.7. The van der Waals surface area contributed by atoms with Gasteiger partial charge in [0.05, 0.1) is 11.6 Å². The number of benzene rings is 3. The van der Waals surface area contributed by atoms with Crippen LogP contribution in [0.4, 0.5) is 5.69 Å². The van der Waals surface area contributed by atoms with Crippen molar-refractivity contribution in [2.45, 2.75) is 0 Å². The number of aromatic nitrogens is 1. The molecule has 160 valence electrons. The van der Waals surface area contributed by atoms with Gasteiger partial charge in [-0.2, -0.15) is 0 Å². The van der Waals surface area contributed by atoms with Crippen LogP contribution < -0.4 is 15.4 Å². The van der Waals surface area contributed by atoms with Crippen LogP contribution in [-0.2, 0) is 4.79 Å². The summed E-state index contributed by atoms with van der Waals surface area (Å²) in [5.41, 5.74) is 3.73. The van der Waals surface area contributed by atoms with E-state index in [9.17, 15) is 4.79 Å². The summed E-state index contributed by atoms with van der Waals surface area (Å²) in [5.74, 6) is 0.897. The number of anilines is 1. The highest BCUT2D eigenvalue weighted by Crippen LogP contribution is 2.32. The number of oxazole rings is 1. The van der Waals surface area contributed by atoms with E-state index in [4.69, 9.17) is 21.4 Å². The number of nitrogens with one attached hydrogen (secondary N) is 2. The average molecular weight is 508 g/mol. The molecule has 6 nitrogen and oxygen atoms in total. The van der Waals surface area contributed by atoms with Gasteiger partial charge in [-0.05, 0) is 76.2 Å². The molecule has 1 heterocycles. The Kier molecular flexibility index (Phi) is 6.63. The van der Waals surface area contributed by atoms with E-state index in [0.29, 0.717) is 22.7 Å². The molecule has 1 amide bonds. The normalized spacial score (nSPS) is 10.9. The fourth-order valence-electron chi connectivity index (χ4n) is 2.98. The van der Waals surface area contributed by atoms with E-state index in [1.54, 1.807) is 31.4 Å². The van der Waals surface area contributed by atoms with Crippen molar-refractivity contribution in [2.75, 3.05) is 12.4 Å². The third-order valence-electron chi connectivity index (χ3n) is 4.51. The van der Waals surface area contributed by atoms with Crippen LogP contribution in [0.25, 0.3) is 28.6 Å². The van der Waals surface area contributed by atoms with Gasteiger partial charge in [-0.3, -0.25) is 10.1 Å². The van der Waals surface area contributed by atoms with Gasteiger partial charge in [0, 0.05) is 17.3 Å². The number of fused-ring (bicyclic) bond motifs is 1. The number of nitrogens with zero attached hydrogens (tertiary/aromatic N) is 1. The van der Waals surface area contributed by atoms with Crippen molar-refractivity contribution >= 4 is 62.0 Å². The number of halogens is 1. The molecule has 0 saturated carbocycles. The minimum Gasteiger partial charge on any atom is -0.496 e. The van der Waals surface area contributed by atoms with Crippen molar-refractivity contribution in [1.29, 1.82) is 0 Å². The summed E-state index contributed by atoms with van der Waals surface area (Å²) in [4.78, 5) is 16.7. The zero-order chi connectivity index (χ0) is 22.5. The number of carbonyl (C=O) groups is 1. The van der Waals surface area contributed by atoms with Crippen LogP contribution in [0.2, 0.25) is 0 Å². The molecule has 1 aromatic heterocycles. The van der Waals surface area contributed by atoms with Crippen LogP contribution in [0.1, 0.15) is 5.56 Å². The highest BCUT2D eigenvalue weighted by molar-refractivity contribution is 9.10. The second-order valence-corrected chi connectivity index (χ2v) is 8.00. The third kappa shape index (κ3) is 5.22. The Morgan fingerprint density at radius 3 is 2.69 bits per heavy atom. The van der Waals surface area contributed by atoms with Crippen LogP contribution >= 0.6 is 28.1 Å². The Bertz CT molecular complexity index is 1320. The SMILES string of the molecule is COc1ccc(-c2nc3cc(NC(=S)NC(=O)/C=C/c4ccccc4)ccc3o2)cc1Br. The first-order chi connectivity index (χ1) is 15.5. The molecule has 3 aromatic carbocycles. The summed E-state index contributed by atoms with van der Waals surface area (Å²) in [6.07, 6.45) is 3.15. The molecule has 0 saturated heterocycles. The lowest BCUT2D eigenvalue weighted by atomic mass is 10.2. The number of ether oxygens (including phenoxy) is 1. The molecule has 0 aliphatic heterocycles. The first-order valence-electron chi connectivity index (χ1n) is 9.61. The second kappa shape index (κ2) is 9.76. The van der Waals surface area contributed by atoms with Gasteiger partial charge in [-0.25, -0.2) is 4.98 Å². The zero-order valence-corrected chi connectivity index (χ0v) is 19.4. The molecule has 0 aliphatic carbocycles. The Morgan fingerprint density at radius 1 is 1.12 bits per heavy atom. The van der Waals surface area contributed by atoms with Gasteiger partial charge in [-0.1, -0.05) is 30.3 Å². The molecular weight excluding hydrogens is 490 g/mol. The fourth-order valence-corrected chi connectivity index (χ4v) is 3.74. The molecule has 0 bridgehead atoms. The van der Waals surface area contributed by atoms with Crippen molar-refractivity contribution in [1.82, 2.24) is 10.3 Å². The van der Waals surface area contributed by atoms with Gasteiger partial charge >= 0.3 is 0 Å². The van der Waals surface area contributed by atoms with Gasteiger partial charge < -0.3 is 14.5 Å². The summed E-state index contributed by atoms with van der Waals surface area (Å²) in [5, 5.41) is 5.81. The Balaban J connectivity index is 1.43. The average Bonchev–Trinajstić information content (AvgIpc) is 3.22. The van der Waals surface area contributed by atoms with Gasteiger partial charge in [0.2, 0.25) is 11.8 Å². The van der Waals surface area contributed by atoms with E-state index in [-0.39, 0.29) is 11.0 Å². The summed E-state index contributed by atoms with van der Waals surface area (Å²) in [6.45, 7) is 0. The highest BCUT2D eigenvalue weighted by Gasteiger charge is 2.12. The Hall–Kier alpha value is -3.49. The quantitative estimate of drug-likeness (QED) is 0.263. The van der Waals surface area contributed by atoms with Gasteiger partial charge in [0.15, 0.2) is 10.7 Å². The van der Waals surface area contributed by atoms with Crippen LogP contribution in [0.3, 0.4) is 0 Å². The van der Waals surface area contributed by atoms with Crippen LogP contribution in [0.5, 0.6) is 5.75 Å². The van der Waals surface area contributed by atoms with Crippen LogP contribution in [-0.4, -0.2) is 23.1 Å². The van der Waals surface area contributed by atoms with Gasteiger partial charge in [-0.15, -0.1) is 0 Å². The predicted octanol–water partition coefficient (Wildman–Crippen LogP) is 5.79. The zero-order valence-electron chi connectivity index (χ0n) is 17.0. The highest BCUT2D eigenvalue weighted by atomic mass is 79.9. The molecular formula is C24H18BrN3O3S. The van der Waals surface area contributed by atoms with E-state index in [0.717, 1.165) is 21.3 Å². The minimum atomic E-state index is -0.318. The first-order valence-corrected chi connectivity index (χ1v) is 10.8. The van der Waals surface area contributed by atoms with E-state index in [1.807, 2.05) is 48.5 Å². The molecule has 0 spiro atoms. The molecule has 0 fully saturated rings. The van der Waals surface area contributed by atoms with Gasteiger partial charge in [0.25, 0.3) is 0 Å². The van der Waals surface area contributed by atoms with Gasteiger partial charge in [0.1, 0.15) is 11.3 Å². The van der Waals surface area contributed by atoms with Crippen molar-refractivity contribution in [3.63, 3.8) is 0 Å². The summed E-state index contributed by atoms with van der Waals surface area (Å²) in [6, 6.07) is 20.6. The standard InChI is InChI=1S/C24H18BrN3O3S/c1-30-20-10-8-16(13-18(20)25)23-27-19-14-17(9-11-21(19)31-23)26-24(32)28-22(29)12-7-15-5-3-2-4-6-15/h2-14H,1H3,(H2,26,28,29,32)/b12-7+. The lowest BCUT2D eigenvalue weighted by Crippen LogP contribution is -2.32. The number of rotatable bonds is 5. The van der Waals surface area contributed by atoms with E-state index < -0.39 is 0 Å². The number of amides is 1. The van der Waals surface area contributed by atoms with Crippen molar-refractivity contribution in [3.8, 4) is 17.2 Å². The molecule has 4 aromatic rings. The van der Waals surface area contributed by atoms with Crippen LogP contribution in [0.15, 0.2) is 81.7 Å². The van der Waals surface area contributed by atoms with Crippen molar-refractivity contribution in [2.24, 2.45) is 0 Å². The number of hydrogen-bond acceptors (Lipinski definition) is 5. The molecule has 0 aliphatic rings. The maximum Gasteiger partial charge on any atom is 0.250 e. The lowest BCUT2D eigenvalue weighted by molar-refractivity contribution is -0.115. The third-order valence-corrected chi connectivity index (χ3v) is 5.33. The molecule has 0 unspecified atom stereocenters. The number of carbonyl (C=O) groups excluding carboxylic acids is 1. The molecule has 2 N–H and O–H groups in total. The van der Waals surface area contributed by atoms with Crippen molar-refractivity contribution < 1.29 is 13.9 Å². The fraction of sp³-hybridized carbons (Fsp3) is 0.0417. The van der Waals surface area contributed by atoms with Crippen molar-refractivity contribution in [3.05, 3.63) is 82.8 Å². The number of methoxy groups -OCH3 is 1. The smallest absolute Gasteiger partial charge is 0.250 e. The molecule has 4 rings (SSSR count). The minimum absolute atomic E-state index is 0.190. The monoisotopic (exact) mass is 507 g/mol. The van der Waals surface area contributed by atoms with E-state index in [2.05, 4.69) is 31.5 Å². The molecule has 0 atom stereocenters. The lowest BCUT2D eigenvalue weighted by Gasteiger charge is -2.07. The number of hydrogen-bond donors (Lipinski definition) is 2. The predicted molar refractivity (Wildman–Crippen MR) is 134 cm³/mol. The molecule has 0 radical (unpaired) electrons. The summed E-state index contributed by atoms with van der Waals surface area (Å²) < 4.78 is 11.9. The number of thiocarbonyl (C=S) groups is 1. The van der Waals surface area contributed by atoms with Crippen LogP contribution in [0, 0.1) is 0 Å². The Morgan fingerprint density at radius 2 is 1.94 bits per heavy atom.